The van der Waals surface area contributed by atoms with E-state index in [1.54, 1.807) is 12.1 Å². The third kappa shape index (κ3) is 7.31. The van der Waals surface area contributed by atoms with Gasteiger partial charge in [0.25, 0.3) is 0 Å². The Morgan fingerprint density at radius 1 is 1.10 bits per heavy atom. The highest BCUT2D eigenvalue weighted by Gasteiger charge is 2.13. The van der Waals surface area contributed by atoms with Gasteiger partial charge in [-0.1, -0.05) is 30.4 Å². The minimum Gasteiger partial charge on any atom is -0.490 e. The molecular weight excluding hydrogens is 436 g/mol. The number of halogens is 1. The average molecular weight is 461 g/mol. The van der Waals surface area contributed by atoms with Gasteiger partial charge in [-0.3, -0.25) is 4.79 Å². The quantitative estimate of drug-likeness (QED) is 0.226. The molecule has 6 heteroatoms. The molecule has 0 spiro atoms. The molecule has 0 saturated carbocycles. The van der Waals surface area contributed by atoms with Gasteiger partial charge in [0.05, 0.1) is 11.1 Å². The first kappa shape index (κ1) is 21.6. The summed E-state index contributed by atoms with van der Waals surface area (Å²) >= 11 is 3.56. The molecule has 1 fully saturated rings. The summed E-state index contributed by atoms with van der Waals surface area (Å²) in [6.07, 6.45) is 7.14. The molecule has 0 bridgehead atoms. The summed E-state index contributed by atoms with van der Waals surface area (Å²) < 4.78 is 22.9. The van der Waals surface area contributed by atoms with Crippen LogP contribution >= 0.6 is 15.9 Å². The van der Waals surface area contributed by atoms with Crippen LogP contribution in [-0.2, 0) is 14.3 Å². The molecule has 0 N–H and O–H groups in total. The van der Waals surface area contributed by atoms with E-state index in [1.165, 1.54) is 6.92 Å². The van der Waals surface area contributed by atoms with E-state index in [1.807, 2.05) is 42.5 Å². The zero-order valence-electron chi connectivity index (χ0n) is 16.4. The van der Waals surface area contributed by atoms with Crippen LogP contribution in [0.25, 0.3) is 12.2 Å². The fraction of sp³-hybridized carbons (Fsp3) is 0.348. The van der Waals surface area contributed by atoms with Gasteiger partial charge in [0.1, 0.15) is 18.1 Å². The van der Waals surface area contributed by atoms with Crippen molar-refractivity contribution in [2.45, 2.75) is 32.5 Å². The van der Waals surface area contributed by atoms with Crippen molar-refractivity contribution in [3.63, 3.8) is 0 Å². The van der Waals surface area contributed by atoms with Crippen molar-refractivity contribution in [2.75, 3.05) is 19.8 Å². The summed E-state index contributed by atoms with van der Waals surface area (Å²) in [7, 11) is 0. The number of ether oxygens (including phenoxy) is 4. The number of benzene rings is 2. The number of esters is 1. The van der Waals surface area contributed by atoms with E-state index < -0.39 is 0 Å². The van der Waals surface area contributed by atoms with Gasteiger partial charge < -0.3 is 18.9 Å². The summed E-state index contributed by atoms with van der Waals surface area (Å²) in [4.78, 5) is 11.0. The van der Waals surface area contributed by atoms with Gasteiger partial charge in [-0.2, -0.15) is 0 Å². The van der Waals surface area contributed by atoms with Gasteiger partial charge in [0, 0.05) is 13.5 Å². The lowest BCUT2D eigenvalue weighted by Gasteiger charge is -2.22. The monoisotopic (exact) mass is 460 g/mol. The van der Waals surface area contributed by atoms with Crippen LogP contribution in [0, 0.1) is 0 Å². The maximum Gasteiger partial charge on any atom is 0.308 e. The highest BCUT2D eigenvalue weighted by Crippen LogP contribution is 2.27. The minimum atomic E-state index is -0.325. The van der Waals surface area contributed by atoms with Crippen molar-refractivity contribution in [3.8, 4) is 11.5 Å². The minimum absolute atomic E-state index is 0.0913. The molecule has 1 aliphatic heterocycles. The zero-order chi connectivity index (χ0) is 20.5. The smallest absolute Gasteiger partial charge is 0.308 e. The van der Waals surface area contributed by atoms with E-state index >= 15 is 0 Å². The predicted molar refractivity (Wildman–Crippen MR) is 116 cm³/mol. The third-order valence-electron chi connectivity index (χ3n) is 4.35. The maximum atomic E-state index is 11.0. The van der Waals surface area contributed by atoms with Crippen LogP contribution in [0.1, 0.15) is 37.3 Å². The molecule has 0 radical (unpaired) electrons. The van der Waals surface area contributed by atoms with Crippen LogP contribution < -0.4 is 9.47 Å². The van der Waals surface area contributed by atoms with Crippen LogP contribution in [0.2, 0.25) is 0 Å². The molecule has 3 rings (SSSR count). The molecule has 5 nitrogen and oxygen atoms in total. The second-order valence-corrected chi connectivity index (χ2v) is 7.56. The summed E-state index contributed by atoms with van der Waals surface area (Å²) in [5, 5.41) is 0. The Morgan fingerprint density at radius 2 is 1.86 bits per heavy atom. The van der Waals surface area contributed by atoms with Gasteiger partial charge in [-0.15, -0.1) is 0 Å². The van der Waals surface area contributed by atoms with Gasteiger partial charge in [0.15, 0.2) is 6.29 Å². The van der Waals surface area contributed by atoms with Crippen LogP contribution in [0.5, 0.6) is 11.5 Å². The van der Waals surface area contributed by atoms with Crippen molar-refractivity contribution < 1.29 is 23.7 Å². The second kappa shape index (κ2) is 11.1. The summed E-state index contributed by atoms with van der Waals surface area (Å²) in [6.45, 7) is 3.14. The van der Waals surface area contributed by atoms with E-state index in [2.05, 4.69) is 15.9 Å². The topological polar surface area (TPSA) is 54.0 Å². The lowest BCUT2D eigenvalue weighted by molar-refractivity contribution is -0.165. The Bertz CT molecular complexity index is 826. The number of hydrogen-bond acceptors (Lipinski definition) is 5. The zero-order valence-corrected chi connectivity index (χ0v) is 18.0. The summed E-state index contributed by atoms with van der Waals surface area (Å²) in [5.41, 5.74) is 2.06. The van der Waals surface area contributed by atoms with Crippen LogP contribution in [-0.4, -0.2) is 32.1 Å². The molecule has 0 amide bonds. The first-order valence-electron chi connectivity index (χ1n) is 9.72. The van der Waals surface area contributed by atoms with E-state index in [0.717, 1.165) is 47.2 Å². The third-order valence-corrected chi connectivity index (χ3v) is 4.97. The van der Waals surface area contributed by atoms with Crippen molar-refractivity contribution in [1.29, 1.82) is 0 Å². The fourth-order valence-electron chi connectivity index (χ4n) is 2.92. The van der Waals surface area contributed by atoms with E-state index in [4.69, 9.17) is 18.9 Å². The lowest BCUT2D eigenvalue weighted by atomic mass is 10.1. The Morgan fingerprint density at radius 3 is 2.55 bits per heavy atom. The molecule has 1 saturated heterocycles. The van der Waals surface area contributed by atoms with Crippen LogP contribution in [0.15, 0.2) is 46.9 Å². The molecular formula is C23H25BrO5. The van der Waals surface area contributed by atoms with E-state index in [9.17, 15) is 4.79 Å². The molecule has 2 aromatic rings. The molecule has 1 heterocycles. The summed E-state index contributed by atoms with van der Waals surface area (Å²) in [6, 6.07) is 13.3. The maximum absolute atomic E-state index is 11.0. The predicted octanol–water partition coefficient (Wildman–Crippen LogP) is 5.47. The average Bonchev–Trinajstić information content (AvgIpc) is 2.72. The SMILES string of the molecule is CC(=O)Oc1ccc(/C=C/c2ccc(OCCOC3CCCCO3)c(Br)c2)cc1. The van der Waals surface area contributed by atoms with Gasteiger partial charge in [-0.25, -0.2) is 0 Å². The van der Waals surface area contributed by atoms with Crippen LogP contribution in [0.4, 0.5) is 0 Å². The van der Waals surface area contributed by atoms with Crippen molar-refractivity contribution in [1.82, 2.24) is 0 Å². The highest BCUT2D eigenvalue weighted by atomic mass is 79.9. The Hall–Kier alpha value is -2.15. The lowest BCUT2D eigenvalue weighted by Crippen LogP contribution is -2.24. The molecule has 154 valence electrons. The standard InChI is InChI=1S/C23H25BrO5/c1-17(25)29-20-10-7-18(8-11-20)5-6-19-9-12-22(21(24)16-19)26-14-15-28-23-4-2-3-13-27-23/h5-12,16,23H,2-4,13-15H2,1H3/b6-5+. The number of carbonyl (C=O) groups excluding carboxylic acids is 1. The Balaban J connectivity index is 1.48. The molecule has 1 aliphatic rings. The van der Waals surface area contributed by atoms with Crippen molar-refractivity contribution >= 4 is 34.1 Å². The molecule has 1 unspecified atom stereocenters. The fourth-order valence-corrected chi connectivity index (χ4v) is 3.43. The van der Waals surface area contributed by atoms with Gasteiger partial charge in [-0.05, 0) is 70.6 Å². The van der Waals surface area contributed by atoms with Gasteiger partial charge in [0.2, 0.25) is 0 Å². The van der Waals surface area contributed by atoms with E-state index in [0.29, 0.717) is 19.0 Å². The van der Waals surface area contributed by atoms with Crippen molar-refractivity contribution in [3.05, 3.63) is 58.1 Å². The normalized spacial score (nSPS) is 16.7. The second-order valence-electron chi connectivity index (χ2n) is 6.70. The van der Waals surface area contributed by atoms with E-state index in [-0.39, 0.29) is 12.3 Å². The van der Waals surface area contributed by atoms with Gasteiger partial charge >= 0.3 is 5.97 Å². The van der Waals surface area contributed by atoms with Crippen molar-refractivity contribution in [2.24, 2.45) is 0 Å². The summed E-state index contributed by atoms with van der Waals surface area (Å²) in [5.74, 6) is 0.994. The largest absolute Gasteiger partial charge is 0.490 e. The number of carbonyl (C=O) groups is 1. The molecule has 2 aromatic carbocycles. The number of rotatable bonds is 8. The molecule has 29 heavy (non-hydrogen) atoms. The Labute approximate surface area is 179 Å². The number of hydrogen-bond donors (Lipinski definition) is 0. The molecule has 1 atom stereocenters. The Kier molecular flexibility index (Phi) is 8.28. The molecule has 0 aromatic heterocycles. The molecule has 0 aliphatic carbocycles. The highest BCUT2D eigenvalue weighted by molar-refractivity contribution is 9.10. The first-order chi connectivity index (χ1) is 14.1. The van der Waals surface area contributed by atoms with Crippen LogP contribution in [0.3, 0.4) is 0 Å². The first-order valence-corrected chi connectivity index (χ1v) is 10.5.